The van der Waals surface area contributed by atoms with E-state index >= 15 is 0 Å². The summed E-state index contributed by atoms with van der Waals surface area (Å²) in [6, 6.07) is -0.494. The van der Waals surface area contributed by atoms with Crippen LogP contribution in [0.5, 0.6) is 0 Å². The number of aliphatic carboxylic acids is 1. The van der Waals surface area contributed by atoms with E-state index in [-0.39, 0.29) is 18.5 Å². The van der Waals surface area contributed by atoms with Gasteiger partial charge in [0, 0.05) is 32.2 Å². The first-order chi connectivity index (χ1) is 7.49. The number of hydrogen-bond donors (Lipinski definition) is 2. The molecule has 0 saturated carbocycles. The van der Waals surface area contributed by atoms with Gasteiger partial charge in [0.25, 0.3) is 0 Å². The van der Waals surface area contributed by atoms with Crippen molar-refractivity contribution in [3.8, 4) is 0 Å². The van der Waals surface area contributed by atoms with Crippen LogP contribution >= 0.6 is 0 Å². The van der Waals surface area contributed by atoms with Crippen molar-refractivity contribution >= 4 is 12.0 Å². The molecule has 16 heavy (non-hydrogen) atoms. The van der Waals surface area contributed by atoms with Crippen LogP contribution in [0.15, 0.2) is 0 Å². The molecule has 1 aliphatic rings. The largest absolute Gasteiger partial charge is 0.481 e. The van der Waals surface area contributed by atoms with Crippen LogP contribution in [-0.4, -0.2) is 66.2 Å². The van der Waals surface area contributed by atoms with E-state index in [2.05, 4.69) is 10.2 Å². The van der Waals surface area contributed by atoms with E-state index in [9.17, 15) is 9.59 Å². The van der Waals surface area contributed by atoms with Gasteiger partial charge in [-0.1, -0.05) is 0 Å². The summed E-state index contributed by atoms with van der Waals surface area (Å²) < 4.78 is 0. The second-order valence-electron chi connectivity index (χ2n) is 4.24. The normalized spacial score (nSPS) is 19.2. The highest BCUT2D eigenvalue weighted by Crippen LogP contribution is 2.00. The highest BCUT2D eigenvalue weighted by Gasteiger charge is 2.20. The van der Waals surface area contributed by atoms with Crippen LogP contribution in [0.4, 0.5) is 4.79 Å². The van der Waals surface area contributed by atoms with E-state index in [0.717, 1.165) is 13.1 Å². The van der Waals surface area contributed by atoms with E-state index in [0.29, 0.717) is 13.1 Å². The molecule has 1 unspecified atom stereocenters. The Morgan fingerprint density at radius 3 is 2.38 bits per heavy atom. The molecule has 2 N–H and O–H groups in total. The van der Waals surface area contributed by atoms with Gasteiger partial charge in [0.1, 0.15) is 0 Å². The Morgan fingerprint density at radius 2 is 1.88 bits per heavy atom. The Balaban J connectivity index is 2.32. The molecule has 1 fully saturated rings. The lowest BCUT2D eigenvalue weighted by molar-refractivity contribution is -0.137. The number of nitrogens with zero attached hydrogens (tertiary/aromatic N) is 2. The van der Waals surface area contributed by atoms with E-state index in [1.165, 1.54) is 0 Å². The monoisotopic (exact) mass is 229 g/mol. The van der Waals surface area contributed by atoms with E-state index in [1.54, 1.807) is 11.8 Å². The minimum Gasteiger partial charge on any atom is -0.481 e. The fourth-order valence-corrected chi connectivity index (χ4v) is 1.62. The summed E-state index contributed by atoms with van der Waals surface area (Å²) >= 11 is 0. The van der Waals surface area contributed by atoms with Crippen molar-refractivity contribution < 1.29 is 14.7 Å². The molecule has 1 rings (SSSR count). The van der Waals surface area contributed by atoms with Gasteiger partial charge in [-0.2, -0.15) is 0 Å². The number of carbonyl (C=O) groups is 2. The lowest BCUT2D eigenvalue weighted by atomic mass is 10.2. The first kappa shape index (κ1) is 12.8. The number of urea groups is 1. The van der Waals surface area contributed by atoms with Gasteiger partial charge in [-0.3, -0.25) is 4.79 Å². The van der Waals surface area contributed by atoms with Crippen molar-refractivity contribution in [2.75, 3.05) is 33.2 Å². The number of carboxylic acids is 1. The molecule has 1 saturated heterocycles. The van der Waals surface area contributed by atoms with Gasteiger partial charge >= 0.3 is 12.0 Å². The number of piperazine rings is 1. The highest BCUT2D eigenvalue weighted by molar-refractivity contribution is 5.76. The smallest absolute Gasteiger partial charge is 0.317 e. The first-order valence-corrected chi connectivity index (χ1v) is 5.45. The molecular weight excluding hydrogens is 210 g/mol. The summed E-state index contributed by atoms with van der Waals surface area (Å²) in [6.07, 6.45) is -0.0422. The summed E-state index contributed by atoms with van der Waals surface area (Å²) in [5.41, 5.74) is 0. The summed E-state index contributed by atoms with van der Waals surface area (Å²) in [5, 5.41) is 11.3. The zero-order valence-corrected chi connectivity index (χ0v) is 9.77. The van der Waals surface area contributed by atoms with Crippen molar-refractivity contribution in [1.29, 1.82) is 0 Å². The number of nitrogens with one attached hydrogen (secondary N) is 1. The molecule has 6 heteroatoms. The number of likely N-dealkylation sites (N-methyl/N-ethyl adjacent to an activating group) is 1. The number of carboxylic acid groups (broad SMARTS) is 1. The molecule has 1 heterocycles. The molecule has 0 aromatic heterocycles. The molecule has 0 aromatic rings. The van der Waals surface area contributed by atoms with Gasteiger partial charge in [0.2, 0.25) is 0 Å². The molecule has 2 amide bonds. The zero-order valence-electron chi connectivity index (χ0n) is 9.77. The first-order valence-electron chi connectivity index (χ1n) is 5.45. The number of hydrogen-bond acceptors (Lipinski definition) is 3. The topological polar surface area (TPSA) is 72.9 Å². The predicted molar refractivity (Wildman–Crippen MR) is 59.3 cm³/mol. The summed E-state index contributed by atoms with van der Waals surface area (Å²) in [5.74, 6) is -0.897. The minimum atomic E-state index is -0.897. The minimum absolute atomic E-state index is 0.0422. The van der Waals surface area contributed by atoms with Crippen molar-refractivity contribution in [3.63, 3.8) is 0 Å². The molecular formula is C10H19N3O3. The Hall–Kier alpha value is -1.30. The summed E-state index contributed by atoms with van der Waals surface area (Å²) in [6.45, 7) is 4.81. The Kier molecular flexibility index (Phi) is 4.54. The molecule has 0 bridgehead atoms. The van der Waals surface area contributed by atoms with Gasteiger partial charge < -0.3 is 20.2 Å². The van der Waals surface area contributed by atoms with Crippen molar-refractivity contribution in [3.05, 3.63) is 0 Å². The maximum Gasteiger partial charge on any atom is 0.317 e. The number of carbonyl (C=O) groups excluding carboxylic acids is 1. The standard InChI is InChI=1S/C10H19N3O3/c1-8(7-9(14)15)11-10(16)13-5-3-12(2)4-6-13/h8H,3-7H2,1-2H3,(H,11,16)(H,14,15). The average molecular weight is 229 g/mol. The van der Waals surface area contributed by atoms with Crippen molar-refractivity contribution in [2.45, 2.75) is 19.4 Å². The van der Waals surface area contributed by atoms with Gasteiger partial charge in [-0.05, 0) is 14.0 Å². The lowest BCUT2D eigenvalue weighted by Gasteiger charge is -2.33. The van der Waals surface area contributed by atoms with E-state index in [4.69, 9.17) is 5.11 Å². The van der Waals surface area contributed by atoms with Gasteiger partial charge in [0.15, 0.2) is 0 Å². The molecule has 1 aliphatic heterocycles. The summed E-state index contributed by atoms with van der Waals surface area (Å²) in [7, 11) is 2.02. The molecule has 0 radical (unpaired) electrons. The van der Waals surface area contributed by atoms with Gasteiger partial charge in [0.05, 0.1) is 6.42 Å². The highest BCUT2D eigenvalue weighted by atomic mass is 16.4. The third-order valence-electron chi connectivity index (χ3n) is 2.64. The van der Waals surface area contributed by atoms with Crippen LogP contribution in [-0.2, 0) is 4.79 Å². The van der Waals surface area contributed by atoms with Crippen LogP contribution in [0, 0.1) is 0 Å². The van der Waals surface area contributed by atoms with Crippen LogP contribution in [0.3, 0.4) is 0 Å². The quantitative estimate of drug-likeness (QED) is 0.703. The molecule has 6 nitrogen and oxygen atoms in total. The fraction of sp³-hybridized carbons (Fsp3) is 0.800. The SMILES string of the molecule is CC(CC(=O)O)NC(=O)N1CCN(C)CC1. The number of rotatable bonds is 3. The molecule has 0 aromatic carbocycles. The molecule has 0 spiro atoms. The third kappa shape index (κ3) is 4.06. The molecule has 92 valence electrons. The van der Waals surface area contributed by atoms with Crippen molar-refractivity contribution in [2.24, 2.45) is 0 Å². The third-order valence-corrected chi connectivity index (χ3v) is 2.64. The summed E-state index contributed by atoms with van der Waals surface area (Å²) in [4.78, 5) is 26.0. The lowest BCUT2D eigenvalue weighted by Crippen LogP contribution is -2.52. The maximum absolute atomic E-state index is 11.7. The van der Waals surface area contributed by atoms with Crippen LogP contribution in [0.1, 0.15) is 13.3 Å². The molecule has 1 atom stereocenters. The van der Waals surface area contributed by atoms with E-state index in [1.807, 2.05) is 7.05 Å². The Labute approximate surface area is 95.2 Å². The predicted octanol–water partition coefficient (Wildman–Crippen LogP) is -0.193. The van der Waals surface area contributed by atoms with Gasteiger partial charge in [-0.15, -0.1) is 0 Å². The molecule has 0 aliphatic carbocycles. The van der Waals surface area contributed by atoms with Crippen LogP contribution < -0.4 is 5.32 Å². The number of amides is 2. The second-order valence-corrected chi connectivity index (χ2v) is 4.24. The van der Waals surface area contributed by atoms with Crippen LogP contribution in [0.2, 0.25) is 0 Å². The fourth-order valence-electron chi connectivity index (χ4n) is 1.62. The zero-order chi connectivity index (χ0) is 12.1. The maximum atomic E-state index is 11.7. The Morgan fingerprint density at radius 1 is 1.31 bits per heavy atom. The Bertz CT molecular complexity index is 262. The van der Waals surface area contributed by atoms with Crippen molar-refractivity contribution in [1.82, 2.24) is 15.1 Å². The van der Waals surface area contributed by atoms with Gasteiger partial charge in [-0.25, -0.2) is 4.79 Å². The second kappa shape index (κ2) is 5.69. The van der Waals surface area contributed by atoms with E-state index < -0.39 is 5.97 Å². The van der Waals surface area contributed by atoms with Crippen LogP contribution in [0.25, 0.3) is 0 Å². The average Bonchev–Trinajstić information content (AvgIpc) is 2.16.